The lowest BCUT2D eigenvalue weighted by Crippen LogP contribution is -2.31. The van der Waals surface area contributed by atoms with E-state index in [1.807, 2.05) is 0 Å². The molecular formula is C19H11F2NO4S. The Bertz CT molecular complexity index is 1060. The Hall–Kier alpha value is -3.26. The van der Waals surface area contributed by atoms with Gasteiger partial charge >= 0.3 is 0 Å². The second-order valence-electron chi connectivity index (χ2n) is 5.76. The van der Waals surface area contributed by atoms with Crippen molar-refractivity contribution in [1.29, 1.82) is 0 Å². The first-order valence-corrected chi connectivity index (χ1v) is 8.70. The van der Waals surface area contributed by atoms with Crippen molar-refractivity contribution in [1.82, 2.24) is 0 Å². The molecule has 27 heavy (non-hydrogen) atoms. The summed E-state index contributed by atoms with van der Waals surface area (Å²) >= 11 is 1.21. The third kappa shape index (κ3) is 2.74. The number of amides is 1. The summed E-state index contributed by atoms with van der Waals surface area (Å²) in [6.07, 6.45) is 1.28. The number of ketones is 1. The topological polar surface area (TPSA) is 70.8 Å². The van der Waals surface area contributed by atoms with Gasteiger partial charge in [-0.15, -0.1) is 11.3 Å². The van der Waals surface area contributed by atoms with Crippen LogP contribution in [0.2, 0.25) is 0 Å². The maximum Gasteiger partial charge on any atom is 0.294 e. The fourth-order valence-electron chi connectivity index (χ4n) is 3.01. The highest BCUT2D eigenvalue weighted by Crippen LogP contribution is 2.44. The summed E-state index contributed by atoms with van der Waals surface area (Å²) < 4.78 is 33.2. The Morgan fingerprint density at radius 3 is 2.67 bits per heavy atom. The average Bonchev–Trinajstić information content (AvgIpc) is 3.39. The van der Waals surface area contributed by atoms with Crippen molar-refractivity contribution in [2.75, 3.05) is 4.90 Å². The lowest BCUT2D eigenvalue weighted by Gasteiger charge is -2.25. The van der Waals surface area contributed by atoms with E-state index in [1.54, 1.807) is 17.5 Å². The van der Waals surface area contributed by atoms with Crippen LogP contribution in [0.25, 0.3) is 0 Å². The van der Waals surface area contributed by atoms with Crippen LogP contribution in [0, 0.1) is 11.6 Å². The molecule has 4 rings (SSSR count). The number of carbonyl (C=O) groups is 2. The molecule has 2 aromatic heterocycles. The lowest BCUT2D eigenvalue weighted by molar-refractivity contribution is -0.117. The standard InChI is InChI=1S/C19H11F2NO4S/c20-10-5-6-11(21)12(9-10)22-16(14-4-2-8-27-14)15(18(24)19(22)25)17(23)13-3-1-7-26-13/h1-9,16,24H. The number of benzene rings is 1. The molecule has 1 aliphatic rings. The van der Waals surface area contributed by atoms with Crippen LogP contribution in [0.3, 0.4) is 0 Å². The maximum atomic E-state index is 14.4. The first kappa shape index (κ1) is 17.2. The molecule has 8 heteroatoms. The number of rotatable bonds is 4. The van der Waals surface area contributed by atoms with Crippen LogP contribution < -0.4 is 4.90 Å². The third-order valence-corrected chi connectivity index (χ3v) is 5.10. The van der Waals surface area contributed by atoms with Crippen molar-refractivity contribution in [3.05, 3.63) is 87.7 Å². The molecule has 1 N–H and O–H groups in total. The van der Waals surface area contributed by atoms with Gasteiger partial charge in [-0.25, -0.2) is 8.78 Å². The van der Waals surface area contributed by atoms with Crippen LogP contribution in [0.4, 0.5) is 14.5 Å². The fraction of sp³-hybridized carbons (Fsp3) is 0.0526. The van der Waals surface area contributed by atoms with E-state index in [0.717, 1.165) is 23.1 Å². The highest BCUT2D eigenvalue weighted by molar-refractivity contribution is 7.10. The third-order valence-electron chi connectivity index (χ3n) is 4.18. The predicted octanol–water partition coefficient (Wildman–Crippen LogP) is 4.40. The smallest absolute Gasteiger partial charge is 0.294 e. The van der Waals surface area contributed by atoms with Gasteiger partial charge in [0.15, 0.2) is 11.5 Å². The molecule has 1 amide bonds. The molecule has 0 radical (unpaired) electrons. The molecule has 3 aromatic rings. The van der Waals surface area contributed by atoms with Gasteiger partial charge in [-0.1, -0.05) is 6.07 Å². The summed E-state index contributed by atoms with van der Waals surface area (Å²) in [5, 5.41) is 12.1. The number of aliphatic hydroxyl groups is 1. The van der Waals surface area contributed by atoms with E-state index in [9.17, 15) is 23.5 Å². The molecule has 1 unspecified atom stereocenters. The zero-order valence-corrected chi connectivity index (χ0v) is 14.4. The number of aliphatic hydroxyl groups excluding tert-OH is 1. The SMILES string of the molecule is O=C(C1=C(O)C(=O)N(c2cc(F)ccc2F)C1c1cccs1)c1ccco1. The van der Waals surface area contributed by atoms with Gasteiger partial charge in [-0.3, -0.25) is 14.5 Å². The number of furan rings is 1. The molecule has 1 atom stereocenters. The minimum absolute atomic E-state index is 0.0764. The zero-order chi connectivity index (χ0) is 19.1. The molecule has 3 heterocycles. The van der Waals surface area contributed by atoms with Gasteiger partial charge in [0, 0.05) is 10.9 Å². The molecule has 1 aromatic carbocycles. The number of nitrogens with zero attached hydrogens (tertiary/aromatic N) is 1. The first-order valence-electron chi connectivity index (χ1n) is 7.82. The molecule has 0 saturated carbocycles. The van der Waals surface area contributed by atoms with Gasteiger partial charge in [0.2, 0.25) is 5.78 Å². The largest absolute Gasteiger partial charge is 0.503 e. The predicted molar refractivity (Wildman–Crippen MR) is 93.6 cm³/mol. The molecule has 0 fully saturated rings. The van der Waals surface area contributed by atoms with Crippen LogP contribution in [0.5, 0.6) is 0 Å². The summed E-state index contributed by atoms with van der Waals surface area (Å²) in [5.41, 5.74) is -0.617. The van der Waals surface area contributed by atoms with Gasteiger partial charge in [-0.2, -0.15) is 0 Å². The van der Waals surface area contributed by atoms with E-state index in [4.69, 9.17) is 4.42 Å². The average molecular weight is 387 g/mol. The Balaban J connectivity index is 1.90. The number of halogens is 2. The summed E-state index contributed by atoms with van der Waals surface area (Å²) in [4.78, 5) is 26.9. The summed E-state index contributed by atoms with van der Waals surface area (Å²) in [6.45, 7) is 0. The molecule has 0 saturated heterocycles. The van der Waals surface area contributed by atoms with E-state index >= 15 is 0 Å². The lowest BCUT2D eigenvalue weighted by atomic mass is 10.00. The quantitative estimate of drug-likeness (QED) is 0.674. The summed E-state index contributed by atoms with van der Waals surface area (Å²) in [7, 11) is 0. The molecule has 5 nitrogen and oxygen atoms in total. The number of anilines is 1. The zero-order valence-electron chi connectivity index (χ0n) is 13.6. The molecule has 0 spiro atoms. The Morgan fingerprint density at radius 1 is 1.19 bits per heavy atom. The number of hydrogen-bond donors (Lipinski definition) is 1. The van der Waals surface area contributed by atoms with Gasteiger partial charge < -0.3 is 9.52 Å². The molecule has 1 aliphatic heterocycles. The van der Waals surface area contributed by atoms with Crippen LogP contribution in [0.15, 0.2) is 69.9 Å². The fourth-order valence-corrected chi connectivity index (χ4v) is 3.84. The summed E-state index contributed by atoms with van der Waals surface area (Å²) in [6, 6.07) is 7.76. The second kappa shape index (κ2) is 6.48. The van der Waals surface area contributed by atoms with Crippen molar-refractivity contribution in [2.45, 2.75) is 6.04 Å². The van der Waals surface area contributed by atoms with Crippen LogP contribution >= 0.6 is 11.3 Å². The van der Waals surface area contributed by atoms with Gasteiger partial charge in [0.25, 0.3) is 5.91 Å². The normalized spacial score (nSPS) is 17.0. The first-order chi connectivity index (χ1) is 13.0. The van der Waals surface area contributed by atoms with Crippen molar-refractivity contribution in [3.8, 4) is 0 Å². The summed E-state index contributed by atoms with van der Waals surface area (Å²) in [5.74, 6) is -4.21. The minimum atomic E-state index is -1.11. The number of thiophene rings is 1. The Morgan fingerprint density at radius 2 is 2.00 bits per heavy atom. The van der Waals surface area contributed by atoms with Gasteiger partial charge in [-0.05, 0) is 35.7 Å². The second-order valence-corrected chi connectivity index (χ2v) is 6.74. The number of Topliss-reactive ketones (excluding diaryl/α,β-unsaturated/α-hetero) is 1. The van der Waals surface area contributed by atoms with Crippen molar-refractivity contribution >= 4 is 28.7 Å². The molecule has 0 aliphatic carbocycles. The molecule has 0 bridgehead atoms. The Labute approximate surface area is 155 Å². The van der Waals surface area contributed by atoms with Crippen LogP contribution in [0.1, 0.15) is 21.5 Å². The minimum Gasteiger partial charge on any atom is -0.503 e. The van der Waals surface area contributed by atoms with Crippen molar-refractivity contribution in [3.63, 3.8) is 0 Å². The van der Waals surface area contributed by atoms with Crippen molar-refractivity contribution < 1.29 is 27.9 Å². The number of hydrogen-bond acceptors (Lipinski definition) is 5. The van der Waals surface area contributed by atoms with E-state index in [0.29, 0.717) is 4.88 Å². The van der Waals surface area contributed by atoms with Gasteiger partial charge in [0.05, 0.1) is 17.5 Å². The van der Waals surface area contributed by atoms with E-state index in [2.05, 4.69) is 0 Å². The Kier molecular flexibility index (Phi) is 4.12. The monoisotopic (exact) mass is 387 g/mol. The molecule has 136 valence electrons. The van der Waals surface area contributed by atoms with Gasteiger partial charge in [0.1, 0.15) is 17.7 Å². The maximum absolute atomic E-state index is 14.4. The highest BCUT2D eigenvalue weighted by Gasteiger charge is 2.46. The van der Waals surface area contributed by atoms with Crippen molar-refractivity contribution in [2.24, 2.45) is 0 Å². The van der Waals surface area contributed by atoms with Crippen LogP contribution in [-0.4, -0.2) is 16.8 Å². The van der Waals surface area contributed by atoms with E-state index in [1.165, 1.54) is 29.7 Å². The highest BCUT2D eigenvalue weighted by atomic mass is 32.1. The van der Waals surface area contributed by atoms with Crippen LogP contribution in [-0.2, 0) is 4.79 Å². The van der Waals surface area contributed by atoms with E-state index in [-0.39, 0.29) is 17.0 Å². The molecular weight excluding hydrogens is 376 g/mol. The van der Waals surface area contributed by atoms with E-state index < -0.39 is 35.1 Å². The number of carbonyl (C=O) groups excluding carboxylic acids is 2.